The summed E-state index contributed by atoms with van der Waals surface area (Å²) in [6.45, 7) is 2.58. The molecular formula is C20H24N2O3. The minimum atomic E-state index is 0.109. The molecule has 0 aromatic heterocycles. The van der Waals surface area contributed by atoms with E-state index in [0.29, 0.717) is 44.6 Å². The van der Waals surface area contributed by atoms with Gasteiger partial charge >= 0.3 is 0 Å². The third-order valence-corrected chi connectivity index (χ3v) is 5.56. The number of benzene rings is 1. The molecule has 1 N–H and O–H groups in total. The van der Waals surface area contributed by atoms with Crippen molar-refractivity contribution in [1.29, 1.82) is 0 Å². The van der Waals surface area contributed by atoms with Crippen LogP contribution in [0.5, 0.6) is 0 Å². The van der Waals surface area contributed by atoms with E-state index in [0.717, 1.165) is 24.1 Å². The zero-order chi connectivity index (χ0) is 17.2. The molecule has 2 amide bonds. The van der Waals surface area contributed by atoms with E-state index in [2.05, 4.69) is 17.5 Å². The smallest absolute Gasteiger partial charge is 0.228 e. The highest BCUT2D eigenvalue weighted by Crippen LogP contribution is 2.43. The first kappa shape index (κ1) is 16.3. The SMILES string of the molecule is O=C(Nc1ccc(CC(=O)N2CCOCC2)cc1)[C@@H]1C[C@H]2C=C[C@H]1C2. The number of hydrogen-bond donors (Lipinski definition) is 1. The Morgan fingerprint density at radius 1 is 1.08 bits per heavy atom. The Bertz CT molecular complexity index is 677. The Kier molecular flexibility index (Phi) is 4.57. The Balaban J connectivity index is 1.31. The van der Waals surface area contributed by atoms with Crippen molar-refractivity contribution in [2.45, 2.75) is 19.3 Å². The maximum absolute atomic E-state index is 12.5. The van der Waals surface area contributed by atoms with E-state index >= 15 is 0 Å². The molecule has 3 aliphatic rings. The molecule has 1 aliphatic heterocycles. The fourth-order valence-corrected chi connectivity index (χ4v) is 4.12. The van der Waals surface area contributed by atoms with Gasteiger partial charge in [0, 0.05) is 24.7 Å². The van der Waals surface area contributed by atoms with E-state index in [1.165, 1.54) is 0 Å². The number of ether oxygens (including phenoxy) is 1. The van der Waals surface area contributed by atoms with Gasteiger partial charge in [0.1, 0.15) is 0 Å². The number of carbonyl (C=O) groups excluding carboxylic acids is 2. The first-order valence-corrected chi connectivity index (χ1v) is 9.13. The molecule has 5 heteroatoms. The van der Waals surface area contributed by atoms with E-state index in [1.54, 1.807) is 0 Å². The van der Waals surface area contributed by atoms with Crippen molar-refractivity contribution in [3.63, 3.8) is 0 Å². The normalized spacial score (nSPS) is 27.5. The summed E-state index contributed by atoms with van der Waals surface area (Å²) in [4.78, 5) is 26.6. The van der Waals surface area contributed by atoms with Crippen LogP contribution in [0.25, 0.3) is 0 Å². The van der Waals surface area contributed by atoms with Crippen molar-refractivity contribution in [2.75, 3.05) is 31.6 Å². The average molecular weight is 340 g/mol. The lowest BCUT2D eigenvalue weighted by Crippen LogP contribution is -2.41. The minimum Gasteiger partial charge on any atom is -0.378 e. The van der Waals surface area contributed by atoms with Gasteiger partial charge in [0.15, 0.2) is 0 Å². The maximum atomic E-state index is 12.5. The van der Waals surface area contributed by atoms with Gasteiger partial charge in [-0.05, 0) is 42.4 Å². The van der Waals surface area contributed by atoms with Crippen molar-refractivity contribution in [3.8, 4) is 0 Å². The number of morpholine rings is 1. The van der Waals surface area contributed by atoms with Crippen LogP contribution in [0, 0.1) is 17.8 Å². The fraction of sp³-hybridized carbons (Fsp3) is 0.500. The van der Waals surface area contributed by atoms with E-state index in [9.17, 15) is 9.59 Å². The van der Waals surface area contributed by atoms with Crippen LogP contribution in [-0.4, -0.2) is 43.0 Å². The Hall–Kier alpha value is -2.14. The van der Waals surface area contributed by atoms with Gasteiger partial charge in [0.2, 0.25) is 11.8 Å². The second-order valence-corrected chi connectivity index (χ2v) is 7.24. The molecule has 1 heterocycles. The number of allylic oxidation sites excluding steroid dienone is 2. The molecule has 1 aromatic carbocycles. The molecule has 2 aliphatic carbocycles. The molecule has 3 atom stereocenters. The predicted octanol–water partition coefficient (Wildman–Crippen LogP) is 2.24. The van der Waals surface area contributed by atoms with Crippen LogP contribution in [0.3, 0.4) is 0 Å². The highest BCUT2D eigenvalue weighted by atomic mass is 16.5. The van der Waals surface area contributed by atoms with Crippen molar-refractivity contribution in [3.05, 3.63) is 42.0 Å². The summed E-state index contributed by atoms with van der Waals surface area (Å²) in [6.07, 6.45) is 6.93. The topological polar surface area (TPSA) is 58.6 Å². The van der Waals surface area contributed by atoms with Crippen molar-refractivity contribution >= 4 is 17.5 Å². The van der Waals surface area contributed by atoms with E-state index in [1.807, 2.05) is 29.2 Å². The number of amides is 2. The number of carbonyl (C=O) groups is 2. The summed E-state index contributed by atoms with van der Waals surface area (Å²) in [5, 5.41) is 3.03. The van der Waals surface area contributed by atoms with Gasteiger partial charge < -0.3 is 15.0 Å². The molecule has 2 bridgehead atoms. The second kappa shape index (κ2) is 7.00. The molecule has 132 valence electrons. The van der Waals surface area contributed by atoms with E-state index in [4.69, 9.17) is 4.74 Å². The summed E-state index contributed by atoms with van der Waals surface area (Å²) >= 11 is 0. The molecule has 1 aromatic rings. The number of rotatable bonds is 4. The Labute approximate surface area is 148 Å². The van der Waals surface area contributed by atoms with Gasteiger partial charge in [-0.1, -0.05) is 24.3 Å². The molecule has 1 saturated carbocycles. The molecule has 4 rings (SSSR count). The third kappa shape index (κ3) is 3.61. The van der Waals surface area contributed by atoms with Crippen LogP contribution < -0.4 is 5.32 Å². The van der Waals surface area contributed by atoms with E-state index < -0.39 is 0 Å². The van der Waals surface area contributed by atoms with Gasteiger partial charge in [0.25, 0.3) is 0 Å². The molecule has 0 spiro atoms. The summed E-state index contributed by atoms with van der Waals surface area (Å²) in [5.41, 5.74) is 1.77. The Morgan fingerprint density at radius 2 is 1.84 bits per heavy atom. The lowest BCUT2D eigenvalue weighted by atomic mass is 9.93. The maximum Gasteiger partial charge on any atom is 0.228 e. The highest BCUT2D eigenvalue weighted by Gasteiger charge is 2.39. The molecule has 2 fully saturated rings. The zero-order valence-corrected chi connectivity index (χ0v) is 14.3. The first-order valence-electron chi connectivity index (χ1n) is 9.13. The first-order chi connectivity index (χ1) is 12.2. The molecule has 5 nitrogen and oxygen atoms in total. The summed E-state index contributed by atoms with van der Waals surface area (Å²) in [7, 11) is 0. The van der Waals surface area contributed by atoms with Crippen LogP contribution in [0.4, 0.5) is 5.69 Å². The number of anilines is 1. The van der Waals surface area contributed by atoms with Crippen LogP contribution in [0.15, 0.2) is 36.4 Å². The van der Waals surface area contributed by atoms with Crippen molar-refractivity contribution in [1.82, 2.24) is 4.90 Å². The molecule has 0 unspecified atom stereocenters. The van der Waals surface area contributed by atoms with Gasteiger partial charge in [-0.15, -0.1) is 0 Å². The van der Waals surface area contributed by atoms with Crippen molar-refractivity contribution in [2.24, 2.45) is 17.8 Å². The van der Waals surface area contributed by atoms with Crippen LogP contribution in [-0.2, 0) is 20.7 Å². The number of nitrogens with zero attached hydrogens (tertiary/aromatic N) is 1. The van der Waals surface area contributed by atoms with Gasteiger partial charge in [-0.25, -0.2) is 0 Å². The summed E-state index contributed by atoms with van der Waals surface area (Å²) < 4.78 is 5.27. The van der Waals surface area contributed by atoms with Crippen LogP contribution in [0.2, 0.25) is 0 Å². The Morgan fingerprint density at radius 3 is 2.48 bits per heavy atom. The zero-order valence-electron chi connectivity index (χ0n) is 14.3. The van der Waals surface area contributed by atoms with Crippen LogP contribution in [0.1, 0.15) is 18.4 Å². The third-order valence-electron chi connectivity index (χ3n) is 5.56. The minimum absolute atomic E-state index is 0.109. The standard InChI is InChI=1S/C20H24N2O3/c23-19(22-7-9-25-10-8-22)13-14-2-5-17(6-3-14)21-20(24)18-12-15-1-4-16(18)11-15/h1-6,15-16,18H,7-13H2,(H,21,24)/t15-,16-,18+/m0/s1. The average Bonchev–Trinajstić information content (AvgIpc) is 3.27. The summed E-state index contributed by atoms with van der Waals surface area (Å²) in [5.74, 6) is 1.37. The largest absolute Gasteiger partial charge is 0.378 e. The molecular weight excluding hydrogens is 316 g/mol. The lowest BCUT2D eigenvalue weighted by molar-refractivity contribution is -0.134. The highest BCUT2D eigenvalue weighted by molar-refractivity contribution is 5.93. The lowest BCUT2D eigenvalue weighted by Gasteiger charge is -2.26. The quantitative estimate of drug-likeness (QED) is 0.855. The van der Waals surface area contributed by atoms with Gasteiger partial charge in [-0.3, -0.25) is 9.59 Å². The molecule has 25 heavy (non-hydrogen) atoms. The van der Waals surface area contributed by atoms with Crippen LogP contribution >= 0.6 is 0 Å². The second-order valence-electron chi connectivity index (χ2n) is 7.24. The fourth-order valence-electron chi connectivity index (χ4n) is 4.12. The van der Waals surface area contributed by atoms with E-state index in [-0.39, 0.29) is 17.7 Å². The van der Waals surface area contributed by atoms with Crippen molar-refractivity contribution < 1.29 is 14.3 Å². The molecule has 0 radical (unpaired) electrons. The number of hydrogen-bond acceptors (Lipinski definition) is 3. The number of nitrogens with one attached hydrogen (secondary N) is 1. The number of fused-ring (bicyclic) bond motifs is 2. The summed E-state index contributed by atoms with van der Waals surface area (Å²) in [6, 6.07) is 7.63. The monoisotopic (exact) mass is 340 g/mol. The predicted molar refractivity (Wildman–Crippen MR) is 95.0 cm³/mol. The van der Waals surface area contributed by atoms with Gasteiger partial charge in [0.05, 0.1) is 19.6 Å². The van der Waals surface area contributed by atoms with Gasteiger partial charge in [-0.2, -0.15) is 0 Å². The molecule has 1 saturated heterocycles.